The van der Waals surface area contributed by atoms with Crippen LogP contribution in [0.1, 0.15) is 11.1 Å². The Balaban J connectivity index is 1.51. The quantitative estimate of drug-likeness (QED) is 0.748. The van der Waals surface area contributed by atoms with E-state index in [0.29, 0.717) is 10.2 Å². The van der Waals surface area contributed by atoms with Crippen molar-refractivity contribution in [2.75, 3.05) is 27.5 Å². The molecule has 1 fully saturated rings. The van der Waals surface area contributed by atoms with E-state index in [1.54, 1.807) is 12.1 Å². The highest BCUT2D eigenvalue weighted by Crippen LogP contribution is 2.35. The largest absolute Gasteiger partial charge is 0.325 e. The third kappa shape index (κ3) is 4.36. The minimum atomic E-state index is -3.12. The van der Waals surface area contributed by atoms with Gasteiger partial charge in [0.25, 0.3) is 0 Å². The molecule has 1 amide bonds. The van der Waals surface area contributed by atoms with Crippen LogP contribution in [0, 0.1) is 13.8 Å². The van der Waals surface area contributed by atoms with Crippen LogP contribution in [0.3, 0.4) is 0 Å². The van der Waals surface area contributed by atoms with Gasteiger partial charge in [-0.25, -0.2) is 8.42 Å². The molecule has 4 rings (SSSR count). The molecule has 2 aliphatic rings. The van der Waals surface area contributed by atoms with Crippen molar-refractivity contribution in [3.8, 4) is 0 Å². The number of carbonyl (C=O) groups excluding carboxylic acids is 1. The van der Waals surface area contributed by atoms with E-state index in [1.807, 2.05) is 49.1 Å². The average Bonchev–Trinajstić information content (AvgIpc) is 3.16. The van der Waals surface area contributed by atoms with E-state index in [-0.39, 0.29) is 35.2 Å². The maximum atomic E-state index is 12.6. The van der Waals surface area contributed by atoms with Gasteiger partial charge in [0, 0.05) is 16.4 Å². The number of amidine groups is 1. The van der Waals surface area contributed by atoms with Crippen molar-refractivity contribution in [3.05, 3.63) is 58.6 Å². The highest BCUT2D eigenvalue weighted by atomic mass is 35.5. The molecule has 2 heterocycles. The molecular weight excluding hydrogens is 442 g/mol. The molecule has 2 aliphatic heterocycles. The predicted molar refractivity (Wildman–Crippen MR) is 125 cm³/mol. The molecule has 9 heteroatoms. The van der Waals surface area contributed by atoms with Crippen LogP contribution in [0.4, 0.5) is 11.4 Å². The fraction of sp³-hybridized carbons (Fsp3) is 0.333. The van der Waals surface area contributed by atoms with Gasteiger partial charge in [-0.3, -0.25) is 9.79 Å². The Morgan fingerprint density at radius 1 is 1.20 bits per heavy atom. The fourth-order valence-electron chi connectivity index (χ4n) is 3.74. The summed E-state index contributed by atoms with van der Waals surface area (Å²) < 4.78 is 24.2. The molecule has 2 aromatic carbocycles. The standard InChI is InChI=1S/C21H22ClN3O3S2/c1-13-4-3-5-17(14(13)2)23-20(26)10-29-21-24-18-11-30(27,28)12-19(18)25(21)16-8-6-15(22)7-9-16/h3-9,18-19H,10-12H2,1-2H3,(H,23,26)/t18-,19+/m0/s1. The van der Waals surface area contributed by atoms with E-state index < -0.39 is 9.84 Å². The van der Waals surface area contributed by atoms with E-state index in [1.165, 1.54) is 11.8 Å². The summed E-state index contributed by atoms with van der Waals surface area (Å²) in [6, 6.07) is 12.5. The van der Waals surface area contributed by atoms with Crippen molar-refractivity contribution in [2.45, 2.75) is 25.9 Å². The van der Waals surface area contributed by atoms with Gasteiger partial charge >= 0.3 is 0 Å². The first-order valence-electron chi connectivity index (χ1n) is 9.55. The third-order valence-electron chi connectivity index (χ3n) is 5.42. The summed E-state index contributed by atoms with van der Waals surface area (Å²) in [7, 11) is -3.12. The van der Waals surface area contributed by atoms with Gasteiger partial charge in [-0.05, 0) is 55.3 Å². The Bertz CT molecular complexity index is 1120. The summed E-state index contributed by atoms with van der Waals surface area (Å²) in [5.74, 6) is 0.156. The van der Waals surface area contributed by atoms with Crippen molar-refractivity contribution in [3.63, 3.8) is 0 Å². The highest BCUT2D eigenvalue weighted by Gasteiger charge is 2.47. The van der Waals surface area contributed by atoms with Crippen LogP contribution in [0.2, 0.25) is 5.02 Å². The number of anilines is 2. The van der Waals surface area contributed by atoms with E-state index in [9.17, 15) is 13.2 Å². The summed E-state index contributed by atoms with van der Waals surface area (Å²) in [4.78, 5) is 19.1. The molecule has 158 valence electrons. The van der Waals surface area contributed by atoms with Gasteiger partial charge < -0.3 is 10.2 Å². The van der Waals surface area contributed by atoms with E-state index >= 15 is 0 Å². The molecule has 6 nitrogen and oxygen atoms in total. The van der Waals surface area contributed by atoms with Crippen LogP contribution in [-0.4, -0.2) is 48.8 Å². The third-order valence-corrected chi connectivity index (χ3v) is 8.34. The molecule has 2 atom stereocenters. The van der Waals surface area contributed by atoms with Crippen molar-refractivity contribution in [2.24, 2.45) is 4.99 Å². The predicted octanol–water partition coefficient (Wildman–Crippen LogP) is 3.67. The normalized spacial score (nSPS) is 22.0. The second kappa shape index (κ2) is 8.24. The van der Waals surface area contributed by atoms with Gasteiger partial charge in [0.15, 0.2) is 15.0 Å². The Kier molecular flexibility index (Phi) is 5.83. The topological polar surface area (TPSA) is 78.8 Å². The Hall–Kier alpha value is -2.03. The minimum absolute atomic E-state index is 0.0422. The molecule has 0 unspecified atom stereocenters. The molecule has 1 saturated heterocycles. The average molecular weight is 464 g/mol. The maximum absolute atomic E-state index is 12.6. The Morgan fingerprint density at radius 3 is 2.67 bits per heavy atom. The lowest BCUT2D eigenvalue weighted by molar-refractivity contribution is -0.113. The number of aryl methyl sites for hydroxylation is 1. The second-order valence-electron chi connectivity index (χ2n) is 7.55. The number of halogens is 1. The van der Waals surface area contributed by atoms with Crippen LogP contribution in [-0.2, 0) is 14.6 Å². The van der Waals surface area contributed by atoms with Gasteiger partial charge in [0.1, 0.15) is 0 Å². The molecule has 0 aliphatic carbocycles. The van der Waals surface area contributed by atoms with Gasteiger partial charge in [-0.15, -0.1) is 0 Å². The smallest absolute Gasteiger partial charge is 0.234 e. The molecule has 0 radical (unpaired) electrons. The number of amides is 1. The Labute approximate surface area is 185 Å². The number of sulfone groups is 1. The molecule has 0 bridgehead atoms. The van der Waals surface area contributed by atoms with Crippen molar-refractivity contribution < 1.29 is 13.2 Å². The SMILES string of the molecule is Cc1cccc(NC(=O)CSC2=N[C@H]3CS(=O)(=O)C[C@H]3N2c2ccc(Cl)cc2)c1C. The zero-order valence-corrected chi connectivity index (χ0v) is 19.0. The van der Waals surface area contributed by atoms with Gasteiger partial charge in [-0.1, -0.05) is 35.5 Å². The number of thioether (sulfide) groups is 1. The number of benzene rings is 2. The van der Waals surface area contributed by atoms with Gasteiger partial charge in [0.05, 0.1) is 29.3 Å². The number of rotatable bonds is 4. The van der Waals surface area contributed by atoms with Crippen LogP contribution in [0.15, 0.2) is 47.5 Å². The zero-order chi connectivity index (χ0) is 21.5. The molecule has 2 aromatic rings. The summed E-state index contributed by atoms with van der Waals surface area (Å²) in [5, 5.41) is 4.22. The lowest BCUT2D eigenvalue weighted by Crippen LogP contribution is -2.39. The number of hydrogen-bond donors (Lipinski definition) is 1. The summed E-state index contributed by atoms with van der Waals surface area (Å²) >= 11 is 7.33. The summed E-state index contributed by atoms with van der Waals surface area (Å²) in [6.45, 7) is 3.98. The zero-order valence-electron chi connectivity index (χ0n) is 16.6. The number of carbonyl (C=O) groups is 1. The van der Waals surface area contributed by atoms with Crippen molar-refractivity contribution in [1.29, 1.82) is 0 Å². The Morgan fingerprint density at radius 2 is 1.93 bits per heavy atom. The first kappa shape index (κ1) is 21.2. The fourth-order valence-corrected chi connectivity index (χ4v) is 6.63. The van der Waals surface area contributed by atoms with Crippen LogP contribution < -0.4 is 10.2 Å². The molecule has 0 saturated carbocycles. The number of fused-ring (bicyclic) bond motifs is 1. The maximum Gasteiger partial charge on any atom is 0.234 e. The molecule has 30 heavy (non-hydrogen) atoms. The van der Waals surface area contributed by atoms with Crippen LogP contribution in [0.25, 0.3) is 0 Å². The lowest BCUT2D eigenvalue weighted by atomic mass is 10.1. The number of hydrogen-bond acceptors (Lipinski definition) is 6. The number of nitrogens with zero attached hydrogens (tertiary/aromatic N) is 2. The highest BCUT2D eigenvalue weighted by molar-refractivity contribution is 8.14. The molecular formula is C21H22ClN3O3S2. The van der Waals surface area contributed by atoms with E-state index in [2.05, 4.69) is 10.3 Å². The second-order valence-corrected chi connectivity index (χ2v) is 11.1. The van der Waals surface area contributed by atoms with Gasteiger partial charge in [-0.2, -0.15) is 0 Å². The summed E-state index contributed by atoms with van der Waals surface area (Å²) in [6.07, 6.45) is 0. The molecule has 1 N–H and O–H groups in total. The van der Waals surface area contributed by atoms with Gasteiger partial charge in [0.2, 0.25) is 5.91 Å². The van der Waals surface area contributed by atoms with Crippen molar-refractivity contribution >= 4 is 55.6 Å². The minimum Gasteiger partial charge on any atom is -0.325 e. The first-order chi connectivity index (χ1) is 14.2. The van der Waals surface area contributed by atoms with Crippen molar-refractivity contribution in [1.82, 2.24) is 0 Å². The number of nitrogens with one attached hydrogen (secondary N) is 1. The summed E-state index contributed by atoms with van der Waals surface area (Å²) in [5.41, 5.74) is 3.77. The monoisotopic (exact) mass is 463 g/mol. The van der Waals surface area contributed by atoms with E-state index in [0.717, 1.165) is 22.5 Å². The molecule has 0 spiro atoms. The lowest BCUT2D eigenvalue weighted by Gasteiger charge is -2.26. The van der Waals surface area contributed by atoms with E-state index in [4.69, 9.17) is 11.6 Å². The van der Waals surface area contributed by atoms with Crippen LogP contribution in [0.5, 0.6) is 0 Å². The van der Waals surface area contributed by atoms with Crippen LogP contribution >= 0.6 is 23.4 Å². The first-order valence-corrected chi connectivity index (χ1v) is 12.7. The molecule has 0 aromatic heterocycles. The number of aliphatic imine (C=N–C) groups is 1.